The summed E-state index contributed by atoms with van der Waals surface area (Å²) in [5.41, 5.74) is 2.15. The highest BCUT2D eigenvalue weighted by Gasteiger charge is 2.15. The van der Waals surface area contributed by atoms with Gasteiger partial charge >= 0.3 is 0 Å². The summed E-state index contributed by atoms with van der Waals surface area (Å²) in [6.07, 6.45) is 5.26. The van der Waals surface area contributed by atoms with Crippen LogP contribution in [-0.2, 0) is 13.6 Å². The van der Waals surface area contributed by atoms with Crippen LogP contribution in [-0.4, -0.2) is 21.6 Å². The number of pyridine rings is 1. The molecule has 0 atom stereocenters. The quantitative estimate of drug-likeness (QED) is 0.745. The molecule has 22 heavy (non-hydrogen) atoms. The smallest absolute Gasteiger partial charge is 0.127 e. The number of nitriles is 1. The molecule has 0 saturated heterocycles. The maximum atomic E-state index is 9.41. The molecular formula is C16H14ClN5. The molecule has 3 aromatic rings. The second-order valence-corrected chi connectivity index (χ2v) is 5.54. The molecular weight excluding hydrogens is 298 g/mol. The predicted molar refractivity (Wildman–Crippen MR) is 86.8 cm³/mol. The summed E-state index contributed by atoms with van der Waals surface area (Å²) >= 11 is 6.11. The Morgan fingerprint density at radius 3 is 2.86 bits per heavy atom. The summed E-state index contributed by atoms with van der Waals surface area (Å²) in [6.45, 7) is 0.587. The first kappa shape index (κ1) is 14.4. The molecule has 3 rings (SSSR count). The van der Waals surface area contributed by atoms with Crippen molar-refractivity contribution in [3.63, 3.8) is 0 Å². The number of fused-ring (bicyclic) bond motifs is 1. The van der Waals surface area contributed by atoms with Gasteiger partial charge in [0.15, 0.2) is 0 Å². The van der Waals surface area contributed by atoms with Crippen LogP contribution in [0, 0.1) is 11.3 Å². The third kappa shape index (κ3) is 2.49. The lowest BCUT2D eigenvalue weighted by Gasteiger charge is -2.22. The van der Waals surface area contributed by atoms with E-state index in [0.717, 1.165) is 22.4 Å². The molecule has 6 heteroatoms. The van der Waals surface area contributed by atoms with E-state index >= 15 is 0 Å². The topological polar surface area (TPSA) is 57.7 Å². The van der Waals surface area contributed by atoms with Gasteiger partial charge in [0.2, 0.25) is 0 Å². The standard InChI is InChI=1S/C16H14ClN5/c1-21-6-5-19-15(21)10-22(2)16-11(8-18)9-20-14-4-3-12(17)7-13(14)16/h3-7,9H,10H2,1-2H3. The fourth-order valence-electron chi connectivity index (χ4n) is 2.48. The van der Waals surface area contributed by atoms with Crippen LogP contribution in [0.15, 0.2) is 36.8 Å². The van der Waals surface area contributed by atoms with Gasteiger partial charge in [0.25, 0.3) is 0 Å². The Balaban J connectivity index is 2.13. The van der Waals surface area contributed by atoms with Gasteiger partial charge in [0.1, 0.15) is 11.9 Å². The second kappa shape index (κ2) is 5.66. The van der Waals surface area contributed by atoms with Crippen molar-refractivity contribution < 1.29 is 0 Å². The van der Waals surface area contributed by atoms with E-state index in [-0.39, 0.29) is 0 Å². The molecule has 0 aliphatic rings. The van der Waals surface area contributed by atoms with Gasteiger partial charge < -0.3 is 9.47 Å². The lowest BCUT2D eigenvalue weighted by atomic mass is 10.1. The fourth-order valence-corrected chi connectivity index (χ4v) is 2.66. The van der Waals surface area contributed by atoms with Crippen molar-refractivity contribution in [3.8, 4) is 6.07 Å². The Bertz CT molecular complexity index is 878. The molecule has 1 aromatic carbocycles. The zero-order valence-electron chi connectivity index (χ0n) is 12.3. The van der Waals surface area contributed by atoms with E-state index in [1.165, 1.54) is 0 Å². The Hall–Kier alpha value is -2.58. The maximum absolute atomic E-state index is 9.41. The van der Waals surface area contributed by atoms with Gasteiger partial charge in [-0.1, -0.05) is 11.6 Å². The SMILES string of the molecule is CN(Cc1nccn1C)c1c(C#N)cnc2ccc(Cl)cc12. The van der Waals surface area contributed by atoms with Crippen molar-refractivity contribution >= 4 is 28.2 Å². The van der Waals surface area contributed by atoms with E-state index in [0.29, 0.717) is 17.1 Å². The highest BCUT2D eigenvalue weighted by atomic mass is 35.5. The molecule has 0 amide bonds. The van der Waals surface area contributed by atoms with E-state index in [4.69, 9.17) is 11.6 Å². The van der Waals surface area contributed by atoms with Gasteiger partial charge in [-0.3, -0.25) is 4.98 Å². The molecule has 5 nitrogen and oxygen atoms in total. The highest BCUT2D eigenvalue weighted by molar-refractivity contribution is 6.31. The van der Waals surface area contributed by atoms with E-state index in [9.17, 15) is 5.26 Å². The molecule has 0 N–H and O–H groups in total. The third-order valence-electron chi connectivity index (χ3n) is 3.60. The van der Waals surface area contributed by atoms with E-state index in [2.05, 4.69) is 16.0 Å². The highest BCUT2D eigenvalue weighted by Crippen LogP contribution is 2.31. The van der Waals surface area contributed by atoms with E-state index in [1.54, 1.807) is 18.5 Å². The Labute approximate surface area is 133 Å². The number of halogens is 1. The molecule has 0 fully saturated rings. The number of hydrogen-bond acceptors (Lipinski definition) is 4. The van der Waals surface area contributed by atoms with Crippen LogP contribution < -0.4 is 4.90 Å². The lowest BCUT2D eigenvalue weighted by Crippen LogP contribution is -2.20. The van der Waals surface area contributed by atoms with Crippen molar-refractivity contribution in [1.82, 2.24) is 14.5 Å². The lowest BCUT2D eigenvalue weighted by molar-refractivity contribution is 0.762. The summed E-state index contributed by atoms with van der Waals surface area (Å²) in [5.74, 6) is 0.915. The second-order valence-electron chi connectivity index (χ2n) is 5.10. The summed E-state index contributed by atoms with van der Waals surface area (Å²) in [6, 6.07) is 7.71. The first-order valence-corrected chi connectivity index (χ1v) is 7.13. The molecule has 2 aromatic heterocycles. The first-order valence-electron chi connectivity index (χ1n) is 6.76. The molecule has 0 unspecified atom stereocenters. The normalized spacial score (nSPS) is 10.6. The summed E-state index contributed by atoms with van der Waals surface area (Å²) in [7, 11) is 3.88. The van der Waals surface area contributed by atoms with Gasteiger partial charge in [0.05, 0.1) is 23.3 Å². The number of nitrogens with zero attached hydrogens (tertiary/aromatic N) is 5. The molecule has 0 spiro atoms. The number of rotatable bonds is 3. The maximum Gasteiger partial charge on any atom is 0.127 e. The summed E-state index contributed by atoms with van der Waals surface area (Å²) < 4.78 is 1.96. The van der Waals surface area contributed by atoms with Crippen LogP contribution in [0.5, 0.6) is 0 Å². The fraction of sp³-hybridized carbons (Fsp3) is 0.188. The van der Waals surface area contributed by atoms with Crippen LogP contribution in [0.25, 0.3) is 10.9 Å². The van der Waals surface area contributed by atoms with E-state index < -0.39 is 0 Å². The zero-order chi connectivity index (χ0) is 15.7. The van der Waals surface area contributed by atoms with Crippen LogP contribution in [0.3, 0.4) is 0 Å². The van der Waals surface area contributed by atoms with Crippen molar-refractivity contribution in [1.29, 1.82) is 5.26 Å². The van der Waals surface area contributed by atoms with Crippen molar-refractivity contribution in [3.05, 3.63) is 53.2 Å². The molecule has 2 heterocycles. The molecule has 0 aliphatic heterocycles. The zero-order valence-corrected chi connectivity index (χ0v) is 13.0. The average Bonchev–Trinajstić information content (AvgIpc) is 2.90. The van der Waals surface area contributed by atoms with Gasteiger partial charge in [-0.05, 0) is 18.2 Å². The summed E-state index contributed by atoms with van der Waals surface area (Å²) in [4.78, 5) is 10.7. The minimum atomic E-state index is 0.520. The van der Waals surface area contributed by atoms with Crippen molar-refractivity contribution in [2.45, 2.75) is 6.54 Å². The number of benzene rings is 1. The number of anilines is 1. The Morgan fingerprint density at radius 2 is 2.18 bits per heavy atom. The van der Waals surface area contributed by atoms with Crippen molar-refractivity contribution in [2.24, 2.45) is 7.05 Å². The molecule has 110 valence electrons. The minimum absolute atomic E-state index is 0.520. The first-order chi connectivity index (χ1) is 10.6. The molecule has 0 bridgehead atoms. The number of aromatic nitrogens is 3. The minimum Gasteiger partial charge on any atom is -0.365 e. The Morgan fingerprint density at radius 1 is 1.36 bits per heavy atom. The summed E-state index contributed by atoms with van der Waals surface area (Å²) in [5, 5.41) is 10.9. The predicted octanol–water partition coefficient (Wildman–Crippen LogP) is 3.13. The van der Waals surface area contributed by atoms with Gasteiger partial charge in [-0.15, -0.1) is 0 Å². The molecule has 0 saturated carbocycles. The molecule has 0 aliphatic carbocycles. The number of hydrogen-bond donors (Lipinski definition) is 0. The largest absolute Gasteiger partial charge is 0.365 e. The van der Waals surface area contributed by atoms with Crippen LogP contribution in [0.1, 0.15) is 11.4 Å². The number of aryl methyl sites for hydroxylation is 1. The van der Waals surface area contributed by atoms with Crippen LogP contribution >= 0.6 is 11.6 Å². The number of imidazole rings is 1. The van der Waals surface area contributed by atoms with E-state index in [1.807, 2.05) is 41.9 Å². The Kier molecular flexibility index (Phi) is 3.70. The third-order valence-corrected chi connectivity index (χ3v) is 3.84. The average molecular weight is 312 g/mol. The molecule has 0 radical (unpaired) electrons. The monoisotopic (exact) mass is 311 g/mol. The van der Waals surface area contributed by atoms with Gasteiger partial charge in [0, 0.05) is 43.1 Å². The van der Waals surface area contributed by atoms with Crippen molar-refractivity contribution in [2.75, 3.05) is 11.9 Å². The van der Waals surface area contributed by atoms with Crippen LogP contribution in [0.4, 0.5) is 5.69 Å². The van der Waals surface area contributed by atoms with Gasteiger partial charge in [-0.2, -0.15) is 5.26 Å². The van der Waals surface area contributed by atoms with Gasteiger partial charge in [-0.25, -0.2) is 4.98 Å². The van der Waals surface area contributed by atoms with Crippen LogP contribution in [0.2, 0.25) is 5.02 Å².